The van der Waals surface area contributed by atoms with E-state index < -0.39 is 0 Å². The molecule has 0 saturated heterocycles. The van der Waals surface area contributed by atoms with Crippen molar-refractivity contribution in [1.29, 1.82) is 0 Å². The highest BCUT2D eigenvalue weighted by Gasteiger charge is 2.10. The van der Waals surface area contributed by atoms with E-state index >= 15 is 0 Å². The molecule has 0 amide bonds. The minimum Gasteiger partial charge on any atom is -0.310 e. The minimum absolute atomic E-state index is 0.420. The van der Waals surface area contributed by atoms with Crippen LogP contribution in [0.15, 0.2) is 54.7 Å². The van der Waals surface area contributed by atoms with Crippen LogP contribution in [0.5, 0.6) is 0 Å². The molecule has 2 heteroatoms. The van der Waals surface area contributed by atoms with Crippen LogP contribution in [0.1, 0.15) is 37.1 Å². The van der Waals surface area contributed by atoms with Crippen molar-refractivity contribution in [2.45, 2.75) is 32.2 Å². The average molecular weight is 254 g/mol. The number of hydrogen-bond acceptors (Lipinski definition) is 2. The fourth-order valence-corrected chi connectivity index (χ4v) is 2.23. The van der Waals surface area contributed by atoms with E-state index in [4.69, 9.17) is 0 Å². The van der Waals surface area contributed by atoms with E-state index in [1.807, 2.05) is 12.3 Å². The van der Waals surface area contributed by atoms with Gasteiger partial charge in [-0.05, 0) is 43.5 Å². The summed E-state index contributed by atoms with van der Waals surface area (Å²) in [6.07, 6.45) is 5.12. The third-order valence-electron chi connectivity index (χ3n) is 3.26. The van der Waals surface area contributed by atoms with Gasteiger partial charge in [0.2, 0.25) is 0 Å². The van der Waals surface area contributed by atoms with Gasteiger partial charge < -0.3 is 5.32 Å². The number of nitrogens with zero attached hydrogens (tertiary/aromatic N) is 1. The molecule has 1 aromatic carbocycles. The molecule has 100 valence electrons. The van der Waals surface area contributed by atoms with Crippen molar-refractivity contribution >= 4 is 0 Å². The second kappa shape index (κ2) is 7.70. The van der Waals surface area contributed by atoms with Crippen LogP contribution in [-0.2, 0) is 6.42 Å². The molecule has 0 bridgehead atoms. The molecule has 0 radical (unpaired) electrons. The van der Waals surface area contributed by atoms with Gasteiger partial charge in [-0.1, -0.05) is 43.3 Å². The molecule has 0 saturated carbocycles. The van der Waals surface area contributed by atoms with Gasteiger partial charge >= 0.3 is 0 Å². The molecule has 19 heavy (non-hydrogen) atoms. The van der Waals surface area contributed by atoms with Gasteiger partial charge in [-0.15, -0.1) is 0 Å². The summed E-state index contributed by atoms with van der Waals surface area (Å²) in [5, 5.41) is 3.63. The summed E-state index contributed by atoms with van der Waals surface area (Å²) in [5.41, 5.74) is 2.54. The molecule has 2 nitrogen and oxygen atoms in total. The molecule has 2 rings (SSSR count). The predicted molar refractivity (Wildman–Crippen MR) is 80.0 cm³/mol. The van der Waals surface area contributed by atoms with Crippen molar-refractivity contribution in [2.24, 2.45) is 0 Å². The van der Waals surface area contributed by atoms with Crippen molar-refractivity contribution < 1.29 is 0 Å². The molecule has 0 fully saturated rings. The van der Waals surface area contributed by atoms with Crippen LogP contribution in [0.4, 0.5) is 0 Å². The quantitative estimate of drug-likeness (QED) is 0.814. The molecular formula is C17H22N2. The van der Waals surface area contributed by atoms with Crippen LogP contribution >= 0.6 is 0 Å². The number of hydrogen-bond donors (Lipinski definition) is 1. The van der Waals surface area contributed by atoms with E-state index in [1.54, 1.807) is 0 Å². The molecule has 1 atom stereocenters. The van der Waals surface area contributed by atoms with Gasteiger partial charge in [0.05, 0.1) is 0 Å². The molecule has 0 spiro atoms. The summed E-state index contributed by atoms with van der Waals surface area (Å²) >= 11 is 0. The van der Waals surface area contributed by atoms with Gasteiger partial charge in [0.1, 0.15) is 0 Å². The number of aromatic nitrogens is 1. The van der Waals surface area contributed by atoms with Gasteiger partial charge in [-0.25, -0.2) is 0 Å². The average Bonchev–Trinajstić information content (AvgIpc) is 2.49. The molecular weight excluding hydrogens is 232 g/mol. The molecule has 0 aliphatic heterocycles. The SMILES string of the molecule is CCCNC(CCc1ccccn1)c1ccccc1. The van der Waals surface area contributed by atoms with Gasteiger partial charge in [-0.3, -0.25) is 4.98 Å². The van der Waals surface area contributed by atoms with Gasteiger partial charge in [0, 0.05) is 17.9 Å². The maximum Gasteiger partial charge on any atom is 0.0404 e. The van der Waals surface area contributed by atoms with Gasteiger partial charge in [0.15, 0.2) is 0 Å². The topological polar surface area (TPSA) is 24.9 Å². The first-order valence-electron chi connectivity index (χ1n) is 7.08. The lowest BCUT2D eigenvalue weighted by Gasteiger charge is -2.18. The number of benzene rings is 1. The summed E-state index contributed by atoms with van der Waals surface area (Å²) in [4.78, 5) is 4.40. The molecule has 0 aliphatic carbocycles. The van der Waals surface area contributed by atoms with Crippen LogP contribution in [0.25, 0.3) is 0 Å². The molecule has 1 N–H and O–H groups in total. The zero-order valence-electron chi connectivity index (χ0n) is 11.5. The Morgan fingerprint density at radius 3 is 2.53 bits per heavy atom. The highest BCUT2D eigenvalue weighted by Crippen LogP contribution is 2.18. The van der Waals surface area contributed by atoms with E-state index in [1.165, 1.54) is 11.3 Å². The van der Waals surface area contributed by atoms with Crippen molar-refractivity contribution in [3.63, 3.8) is 0 Å². The van der Waals surface area contributed by atoms with Crippen molar-refractivity contribution in [3.05, 3.63) is 66.0 Å². The Bertz CT molecular complexity index is 453. The smallest absolute Gasteiger partial charge is 0.0404 e. The third kappa shape index (κ3) is 4.49. The first kappa shape index (κ1) is 13.8. The molecule has 1 unspecified atom stereocenters. The second-order valence-electron chi connectivity index (χ2n) is 4.78. The summed E-state index contributed by atoms with van der Waals surface area (Å²) in [6, 6.07) is 17.2. The van der Waals surface area contributed by atoms with Crippen LogP contribution in [0, 0.1) is 0 Å². The van der Waals surface area contributed by atoms with Crippen molar-refractivity contribution in [3.8, 4) is 0 Å². The third-order valence-corrected chi connectivity index (χ3v) is 3.26. The van der Waals surface area contributed by atoms with E-state index in [9.17, 15) is 0 Å². The standard InChI is InChI=1S/C17H22N2/c1-2-13-19-17(15-8-4-3-5-9-15)12-11-16-10-6-7-14-18-16/h3-10,14,17,19H,2,11-13H2,1H3. The Morgan fingerprint density at radius 2 is 1.84 bits per heavy atom. The van der Waals surface area contributed by atoms with E-state index in [-0.39, 0.29) is 0 Å². The molecule has 1 heterocycles. The first-order chi connectivity index (χ1) is 9.40. The van der Waals surface area contributed by atoms with Crippen molar-refractivity contribution in [2.75, 3.05) is 6.54 Å². The zero-order chi connectivity index (χ0) is 13.3. The summed E-state index contributed by atoms with van der Waals surface area (Å²) in [6.45, 7) is 3.26. The molecule has 2 aromatic rings. The Kier molecular flexibility index (Phi) is 5.57. The van der Waals surface area contributed by atoms with E-state index in [2.05, 4.69) is 59.7 Å². The maximum atomic E-state index is 4.40. The normalized spacial score (nSPS) is 12.3. The highest BCUT2D eigenvalue weighted by molar-refractivity contribution is 5.19. The van der Waals surface area contributed by atoms with Crippen LogP contribution < -0.4 is 5.32 Å². The van der Waals surface area contributed by atoms with E-state index in [0.29, 0.717) is 6.04 Å². The molecule has 0 aliphatic rings. The van der Waals surface area contributed by atoms with Crippen LogP contribution in [0.3, 0.4) is 0 Å². The number of pyridine rings is 1. The first-order valence-corrected chi connectivity index (χ1v) is 7.08. The number of nitrogens with one attached hydrogen (secondary N) is 1. The number of rotatable bonds is 7. The maximum absolute atomic E-state index is 4.40. The largest absolute Gasteiger partial charge is 0.310 e. The zero-order valence-corrected chi connectivity index (χ0v) is 11.5. The van der Waals surface area contributed by atoms with Gasteiger partial charge in [0.25, 0.3) is 0 Å². The monoisotopic (exact) mass is 254 g/mol. The van der Waals surface area contributed by atoms with Gasteiger partial charge in [-0.2, -0.15) is 0 Å². The summed E-state index contributed by atoms with van der Waals surface area (Å²) < 4.78 is 0. The highest BCUT2D eigenvalue weighted by atomic mass is 14.9. The Hall–Kier alpha value is -1.67. The Morgan fingerprint density at radius 1 is 1.05 bits per heavy atom. The minimum atomic E-state index is 0.420. The Balaban J connectivity index is 1.98. The predicted octanol–water partition coefficient (Wildman–Crippen LogP) is 3.76. The van der Waals surface area contributed by atoms with Crippen LogP contribution in [-0.4, -0.2) is 11.5 Å². The lowest BCUT2D eigenvalue weighted by molar-refractivity contribution is 0.497. The fourth-order valence-electron chi connectivity index (χ4n) is 2.23. The lowest BCUT2D eigenvalue weighted by atomic mass is 10.0. The van der Waals surface area contributed by atoms with E-state index in [0.717, 1.165) is 25.8 Å². The second-order valence-corrected chi connectivity index (χ2v) is 4.78. The fraction of sp³-hybridized carbons (Fsp3) is 0.353. The Labute approximate surface area is 115 Å². The summed E-state index contributed by atoms with van der Waals surface area (Å²) in [7, 11) is 0. The van der Waals surface area contributed by atoms with Crippen LogP contribution in [0.2, 0.25) is 0 Å². The van der Waals surface area contributed by atoms with Crippen molar-refractivity contribution in [1.82, 2.24) is 10.3 Å². The molecule has 1 aromatic heterocycles. The number of aryl methyl sites for hydroxylation is 1. The lowest BCUT2D eigenvalue weighted by Crippen LogP contribution is -2.22. The summed E-state index contributed by atoms with van der Waals surface area (Å²) in [5.74, 6) is 0.